The van der Waals surface area contributed by atoms with Gasteiger partial charge >= 0.3 is 6.09 Å². The summed E-state index contributed by atoms with van der Waals surface area (Å²) in [6.07, 6.45) is 1.21. The summed E-state index contributed by atoms with van der Waals surface area (Å²) in [5.74, 6) is -0.500. The first-order valence-corrected chi connectivity index (χ1v) is 6.73. The van der Waals surface area contributed by atoms with Gasteiger partial charge in [-0.2, -0.15) is 0 Å². The second kappa shape index (κ2) is 5.79. The first kappa shape index (κ1) is 14.8. The Kier molecular flexibility index (Phi) is 4.28. The first-order valence-electron chi connectivity index (χ1n) is 6.35. The third-order valence-corrected chi connectivity index (χ3v) is 4.29. The summed E-state index contributed by atoms with van der Waals surface area (Å²) < 4.78 is 13.3. The molecule has 1 heterocycles. The largest absolute Gasteiger partial charge is 0.465 e. The standard InChI is InChI=1S/C14H15ClFNO3/c15-11-9-10(1-2-12(11)16)14(5-8-18)3-6-17(7-4-14)13(19)20/h1-2,8-9H,3-7H2,(H,19,20). The van der Waals surface area contributed by atoms with Crippen molar-refractivity contribution in [1.29, 1.82) is 0 Å². The Labute approximate surface area is 121 Å². The molecule has 1 aromatic rings. The average molecular weight is 300 g/mol. The molecule has 108 valence electrons. The van der Waals surface area contributed by atoms with Crippen LogP contribution in [0.1, 0.15) is 24.8 Å². The van der Waals surface area contributed by atoms with Gasteiger partial charge in [0.05, 0.1) is 5.02 Å². The van der Waals surface area contributed by atoms with E-state index in [-0.39, 0.29) is 11.4 Å². The highest BCUT2D eigenvalue weighted by Gasteiger charge is 2.37. The predicted molar refractivity (Wildman–Crippen MR) is 72.6 cm³/mol. The van der Waals surface area contributed by atoms with E-state index >= 15 is 0 Å². The van der Waals surface area contributed by atoms with Crippen molar-refractivity contribution < 1.29 is 19.1 Å². The van der Waals surface area contributed by atoms with Gasteiger partial charge in [0.15, 0.2) is 0 Å². The summed E-state index contributed by atoms with van der Waals surface area (Å²) in [6.45, 7) is 0.719. The van der Waals surface area contributed by atoms with E-state index in [0.717, 1.165) is 11.8 Å². The first-order chi connectivity index (χ1) is 9.48. The average Bonchev–Trinajstić information content (AvgIpc) is 2.42. The monoisotopic (exact) mass is 299 g/mol. The van der Waals surface area contributed by atoms with Crippen LogP contribution in [0.25, 0.3) is 0 Å². The van der Waals surface area contributed by atoms with E-state index < -0.39 is 17.3 Å². The minimum atomic E-state index is -0.957. The van der Waals surface area contributed by atoms with E-state index in [1.807, 2.05) is 0 Å². The number of halogens is 2. The maximum absolute atomic E-state index is 13.3. The van der Waals surface area contributed by atoms with Crippen molar-refractivity contribution in [1.82, 2.24) is 4.90 Å². The van der Waals surface area contributed by atoms with Crippen molar-refractivity contribution in [3.63, 3.8) is 0 Å². The lowest BCUT2D eigenvalue weighted by Gasteiger charge is -2.40. The van der Waals surface area contributed by atoms with Crippen molar-refractivity contribution in [2.75, 3.05) is 13.1 Å². The van der Waals surface area contributed by atoms with Crippen LogP contribution < -0.4 is 0 Å². The van der Waals surface area contributed by atoms with E-state index in [1.54, 1.807) is 6.07 Å². The van der Waals surface area contributed by atoms with Crippen LogP contribution in [0.3, 0.4) is 0 Å². The smallest absolute Gasteiger partial charge is 0.407 e. The molecule has 0 saturated carbocycles. The van der Waals surface area contributed by atoms with Crippen molar-refractivity contribution in [3.05, 3.63) is 34.6 Å². The van der Waals surface area contributed by atoms with Crippen LogP contribution in [0.5, 0.6) is 0 Å². The minimum absolute atomic E-state index is 0.0217. The van der Waals surface area contributed by atoms with E-state index in [2.05, 4.69) is 0 Å². The highest BCUT2D eigenvalue weighted by molar-refractivity contribution is 6.30. The van der Waals surface area contributed by atoms with Gasteiger partial charge in [-0.15, -0.1) is 0 Å². The SMILES string of the molecule is O=CCC1(c2ccc(F)c(Cl)c2)CCN(C(=O)O)CC1. The zero-order valence-electron chi connectivity index (χ0n) is 10.8. The molecule has 20 heavy (non-hydrogen) atoms. The molecule has 0 unspecified atom stereocenters. The van der Waals surface area contributed by atoms with E-state index in [9.17, 15) is 14.0 Å². The van der Waals surface area contributed by atoms with Gasteiger partial charge in [0.1, 0.15) is 12.1 Å². The van der Waals surface area contributed by atoms with Crippen LogP contribution in [0.15, 0.2) is 18.2 Å². The van der Waals surface area contributed by atoms with Crippen LogP contribution in [-0.2, 0) is 10.2 Å². The molecular weight excluding hydrogens is 285 g/mol. The highest BCUT2D eigenvalue weighted by atomic mass is 35.5. The van der Waals surface area contributed by atoms with E-state index in [0.29, 0.717) is 25.9 Å². The molecule has 1 saturated heterocycles. The lowest BCUT2D eigenvalue weighted by molar-refractivity contribution is -0.109. The van der Waals surface area contributed by atoms with Gasteiger partial charge in [0, 0.05) is 24.9 Å². The summed E-state index contributed by atoms with van der Waals surface area (Å²) in [7, 11) is 0. The number of carbonyl (C=O) groups excluding carboxylic acids is 1. The topological polar surface area (TPSA) is 57.6 Å². The van der Waals surface area contributed by atoms with Crippen molar-refractivity contribution in [3.8, 4) is 0 Å². The summed E-state index contributed by atoms with van der Waals surface area (Å²) in [4.78, 5) is 23.3. The van der Waals surface area contributed by atoms with Gasteiger partial charge in [-0.25, -0.2) is 9.18 Å². The molecule has 1 aliphatic rings. The maximum Gasteiger partial charge on any atom is 0.407 e. The number of carbonyl (C=O) groups is 2. The molecule has 1 N–H and O–H groups in total. The van der Waals surface area contributed by atoms with Gasteiger partial charge < -0.3 is 14.8 Å². The molecule has 0 aromatic heterocycles. The molecule has 1 fully saturated rings. The summed E-state index contributed by atoms with van der Waals surface area (Å²) in [5, 5.41) is 9.00. The molecule has 0 atom stereocenters. The van der Waals surface area contributed by atoms with Gasteiger partial charge in [-0.1, -0.05) is 17.7 Å². The Balaban J connectivity index is 2.29. The van der Waals surface area contributed by atoms with Crippen LogP contribution in [0.2, 0.25) is 5.02 Å². The summed E-state index contributed by atoms with van der Waals surface area (Å²) >= 11 is 5.81. The fraction of sp³-hybridized carbons (Fsp3) is 0.429. The Morgan fingerprint density at radius 3 is 2.60 bits per heavy atom. The Morgan fingerprint density at radius 1 is 1.45 bits per heavy atom. The van der Waals surface area contributed by atoms with Gasteiger partial charge in [0.25, 0.3) is 0 Å². The molecule has 1 aliphatic heterocycles. The highest BCUT2D eigenvalue weighted by Crippen LogP contribution is 2.39. The zero-order chi connectivity index (χ0) is 14.8. The van der Waals surface area contributed by atoms with E-state index in [4.69, 9.17) is 16.7 Å². The molecular formula is C14H15ClFNO3. The Bertz CT molecular complexity index is 527. The number of likely N-dealkylation sites (tertiary alicyclic amines) is 1. The van der Waals surface area contributed by atoms with Crippen molar-refractivity contribution in [2.45, 2.75) is 24.7 Å². The number of amides is 1. The minimum Gasteiger partial charge on any atom is -0.465 e. The Hall–Kier alpha value is -1.62. The molecule has 1 amide bonds. The number of piperidine rings is 1. The van der Waals surface area contributed by atoms with Crippen molar-refractivity contribution >= 4 is 24.0 Å². The third kappa shape index (κ3) is 2.77. The quantitative estimate of drug-likeness (QED) is 0.873. The number of hydrogen-bond donors (Lipinski definition) is 1. The normalized spacial score (nSPS) is 17.8. The number of nitrogens with zero attached hydrogens (tertiary/aromatic N) is 1. The van der Waals surface area contributed by atoms with E-state index in [1.165, 1.54) is 17.0 Å². The number of aldehydes is 1. The van der Waals surface area contributed by atoms with Crippen LogP contribution in [0.4, 0.5) is 9.18 Å². The second-order valence-corrected chi connectivity index (χ2v) is 5.46. The van der Waals surface area contributed by atoms with Crippen LogP contribution in [-0.4, -0.2) is 35.5 Å². The zero-order valence-corrected chi connectivity index (χ0v) is 11.6. The Morgan fingerprint density at radius 2 is 2.10 bits per heavy atom. The molecule has 1 aromatic carbocycles. The molecule has 4 nitrogen and oxygen atoms in total. The fourth-order valence-corrected chi connectivity index (χ4v) is 2.90. The summed E-state index contributed by atoms with van der Waals surface area (Å²) in [6, 6.07) is 4.45. The molecule has 0 aliphatic carbocycles. The third-order valence-electron chi connectivity index (χ3n) is 4.00. The lowest BCUT2D eigenvalue weighted by atomic mass is 9.71. The molecule has 2 rings (SSSR count). The molecule has 0 spiro atoms. The number of carboxylic acid groups (broad SMARTS) is 1. The lowest BCUT2D eigenvalue weighted by Crippen LogP contribution is -2.45. The predicted octanol–water partition coefficient (Wildman–Crippen LogP) is 3.08. The number of hydrogen-bond acceptors (Lipinski definition) is 2. The summed E-state index contributed by atoms with van der Waals surface area (Å²) in [5.41, 5.74) is 0.339. The maximum atomic E-state index is 13.3. The van der Waals surface area contributed by atoms with Gasteiger partial charge in [0.2, 0.25) is 0 Å². The van der Waals surface area contributed by atoms with Gasteiger partial charge in [-0.3, -0.25) is 0 Å². The van der Waals surface area contributed by atoms with Crippen molar-refractivity contribution in [2.24, 2.45) is 0 Å². The van der Waals surface area contributed by atoms with Crippen LogP contribution in [0, 0.1) is 5.82 Å². The van der Waals surface area contributed by atoms with Gasteiger partial charge in [-0.05, 0) is 30.5 Å². The molecule has 0 bridgehead atoms. The molecule has 0 radical (unpaired) electrons. The number of benzene rings is 1. The number of rotatable bonds is 3. The van der Waals surface area contributed by atoms with Crippen LogP contribution >= 0.6 is 11.6 Å². The molecule has 6 heteroatoms. The fourth-order valence-electron chi connectivity index (χ4n) is 2.72. The second-order valence-electron chi connectivity index (χ2n) is 5.05.